The number of nitrogens with zero attached hydrogens (tertiary/aromatic N) is 3. The Morgan fingerprint density at radius 3 is 2.02 bits per heavy atom. The summed E-state index contributed by atoms with van der Waals surface area (Å²) in [5, 5.41) is 20.5. The van der Waals surface area contributed by atoms with Gasteiger partial charge in [0.2, 0.25) is 29.5 Å². The predicted octanol–water partition coefficient (Wildman–Crippen LogP) is 2.91. The molecule has 4 rings (SSSR count). The first-order valence-electron chi connectivity index (χ1n) is 20.4. The number of nitrogens with two attached hydrogens (primary N) is 1. The van der Waals surface area contributed by atoms with E-state index >= 15 is 0 Å². The molecule has 14 nitrogen and oxygen atoms in total. The minimum atomic E-state index is -1.06. The number of carbonyl (C=O) groups excluding carboxylic acids is 6. The van der Waals surface area contributed by atoms with E-state index in [1.165, 1.54) is 9.80 Å². The van der Waals surface area contributed by atoms with Gasteiger partial charge < -0.3 is 41.5 Å². The molecule has 1 unspecified atom stereocenters. The van der Waals surface area contributed by atoms with Gasteiger partial charge in [0.05, 0.1) is 12.0 Å². The lowest BCUT2D eigenvalue weighted by atomic mass is 9.86. The van der Waals surface area contributed by atoms with Crippen LogP contribution in [0.5, 0.6) is 0 Å². The Bertz CT molecular complexity index is 1490. The van der Waals surface area contributed by atoms with Crippen molar-refractivity contribution in [3.05, 3.63) is 35.9 Å². The van der Waals surface area contributed by atoms with Gasteiger partial charge in [0.25, 0.3) is 0 Å². The monoisotopic (exact) mass is 767 g/mol. The fourth-order valence-corrected chi connectivity index (χ4v) is 8.32. The fraction of sp³-hybridized carbons (Fsp3) is 0.707. The van der Waals surface area contributed by atoms with Crippen molar-refractivity contribution in [3.8, 4) is 0 Å². The Balaban J connectivity index is 1.44. The van der Waals surface area contributed by atoms with Crippen molar-refractivity contribution in [1.29, 1.82) is 0 Å². The molecule has 6 N–H and O–H groups in total. The molecule has 1 aromatic rings. The van der Waals surface area contributed by atoms with Gasteiger partial charge in [0, 0.05) is 32.2 Å². The molecule has 0 spiro atoms. The second kappa shape index (κ2) is 20.1. The lowest BCUT2D eigenvalue weighted by Crippen LogP contribution is -2.60. The van der Waals surface area contributed by atoms with Gasteiger partial charge in [-0.15, -0.1) is 0 Å². The summed E-state index contributed by atoms with van der Waals surface area (Å²) in [6, 6.07) is 5.80. The summed E-state index contributed by atoms with van der Waals surface area (Å²) < 4.78 is 0. The molecule has 3 heterocycles. The lowest BCUT2D eigenvalue weighted by Gasteiger charge is -2.35. The van der Waals surface area contributed by atoms with Crippen molar-refractivity contribution in [2.24, 2.45) is 29.4 Å². The first-order valence-corrected chi connectivity index (χ1v) is 20.4. The minimum Gasteiger partial charge on any atom is -0.392 e. The molecule has 55 heavy (non-hydrogen) atoms. The van der Waals surface area contributed by atoms with Crippen LogP contribution >= 0.6 is 0 Å². The molecule has 8 atom stereocenters. The van der Waals surface area contributed by atoms with Crippen LogP contribution in [0.25, 0.3) is 0 Å². The van der Waals surface area contributed by atoms with E-state index in [2.05, 4.69) is 16.0 Å². The van der Waals surface area contributed by atoms with Crippen molar-refractivity contribution in [3.63, 3.8) is 0 Å². The van der Waals surface area contributed by atoms with E-state index < -0.39 is 53.9 Å². The van der Waals surface area contributed by atoms with E-state index in [1.54, 1.807) is 4.90 Å². The summed E-state index contributed by atoms with van der Waals surface area (Å²) in [6.07, 6.45) is 3.82. The zero-order chi connectivity index (χ0) is 40.4. The van der Waals surface area contributed by atoms with E-state index in [0.717, 1.165) is 12.0 Å². The highest BCUT2D eigenvalue weighted by molar-refractivity contribution is 5.96. The molecular formula is C41H65N7O7. The molecule has 3 aliphatic rings. The average molecular weight is 768 g/mol. The highest BCUT2D eigenvalue weighted by Gasteiger charge is 2.44. The summed E-state index contributed by atoms with van der Waals surface area (Å²) in [5.74, 6) is -3.61. The molecule has 0 radical (unpaired) electrons. The van der Waals surface area contributed by atoms with Gasteiger partial charge in [-0.05, 0) is 74.7 Å². The summed E-state index contributed by atoms with van der Waals surface area (Å²) in [5.41, 5.74) is 6.56. The zero-order valence-electron chi connectivity index (χ0n) is 33.7. The third-order valence-corrected chi connectivity index (χ3v) is 11.7. The quantitative estimate of drug-likeness (QED) is 0.161. The zero-order valence-corrected chi connectivity index (χ0v) is 33.7. The molecule has 3 saturated heterocycles. The maximum atomic E-state index is 14.1. The van der Waals surface area contributed by atoms with Crippen molar-refractivity contribution in [2.45, 2.75) is 142 Å². The van der Waals surface area contributed by atoms with Gasteiger partial charge in [-0.2, -0.15) is 0 Å². The number of benzene rings is 1. The standard InChI is InChI=1S/C41H65N7O7/c1-7-27(6)35(38(52)44-34(26(4)5)40(54)48-21-13-18-32(48)39(53)47-20-12-17-31(47)36(42)50)45-37(51)30(22-25(2)3)33(49)23-29-16-11-19-46(29)41(55)43-24-28-14-9-8-10-15-28/h8-10,14-15,25-27,29-35,49H,7,11-13,16-24H2,1-6H3,(H2,42,50)(H,43,55)(H,44,52)(H,45,51)/t27?,29-,30+,31-,32-,33-,34-,35-/m1/s1. The second-order valence-corrected chi connectivity index (χ2v) is 16.6. The second-order valence-electron chi connectivity index (χ2n) is 16.6. The smallest absolute Gasteiger partial charge is 0.317 e. The SMILES string of the molecule is CCC(C)[C@@H](NC(=O)[C@@H](CC(C)C)[C@H](O)C[C@H]1CCCN1C(=O)NCc1ccccc1)C(=O)N[C@@H](C(=O)N1CCC[C@@H]1C(=O)N1CCC[C@@H]1C(N)=O)C(C)C. The fourth-order valence-electron chi connectivity index (χ4n) is 8.32. The van der Waals surface area contributed by atoms with Crippen molar-refractivity contribution in [2.75, 3.05) is 19.6 Å². The molecular weight excluding hydrogens is 702 g/mol. The Morgan fingerprint density at radius 2 is 1.40 bits per heavy atom. The van der Waals surface area contributed by atoms with E-state index in [4.69, 9.17) is 5.73 Å². The number of aliphatic hydroxyl groups is 1. The van der Waals surface area contributed by atoms with Crippen LogP contribution in [-0.4, -0.2) is 111 Å². The number of likely N-dealkylation sites (tertiary alicyclic amines) is 3. The van der Waals surface area contributed by atoms with Crippen LogP contribution in [0, 0.1) is 23.7 Å². The summed E-state index contributed by atoms with van der Waals surface area (Å²) in [6.45, 7) is 13.0. The molecule has 3 aliphatic heterocycles. The lowest BCUT2D eigenvalue weighted by molar-refractivity contribution is -0.148. The highest BCUT2D eigenvalue weighted by atomic mass is 16.3. The van der Waals surface area contributed by atoms with Crippen LogP contribution in [0.3, 0.4) is 0 Å². The molecule has 0 saturated carbocycles. The Hall–Kier alpha value is -4.20. The molecule has 0 aromatic heterocycles. The maximum absolute atomic E-state index is 14.1. The van der Waals surface area contributed by atoms with E-state index in [9.17, 15) is 33.9 Å². The number of primary amides is 1. The van der Waals surface area contributed by atoms with Crippen LogP contribution in [0.15, 0.2) is 30.3 Å². The molecule has 3 fully saturated rings. The number of hydrogen-bond acceptors (Lipinski definition) is 7. The number of amides is 7. The van der Waals surface area contributed by atoms with E-state index in [-0.39, 0.29) is 48.1 Å². The molecule has 0 aliphatic carbocycles. The topological polar surface area (TPSA) is 194 Å². The normalized spacial score (nSPS) is 22.6. The minimum absolute atomic E-state index is 0.0630. The first kappa shape index (κ1) is 43.5. The van der Waals surface area contributed by atoms with Gasteiger partial charge in [-0.25, -0.2) is 4.79 Å². The Kier molecular flexibility index (Phi) is 15.9. The van der Waals surface area contributed by atoms with E-state index in [0.29, 0.717) is 71.1 Å². The molecule has 306 valence electrons. The van der Waals surface area contributed by atoms with E-state index in [1.807, 2.05) is 71.9 Å². The third-order valence-electron chi connectivity index (χ3n) is 11.7. The van der Waals surface area contributed by atoms with Crippen molar-refractivity contribution >= 4 is 35.6 Å². The summed E-state index contributed by atoms with van der Waals surface area (Å²) in [7, 11) is 0. The number of urea groups is 1. The van der Waals surface area contributed by atoms with Gasteiger partial charge in [-0.1, -0.05) is 78.3 Å². The van der Waals surface area contributed by atoms with Gasteiger partial charge in [0.1, 0.15) is 24.2 Å². The number of nitrogens with one attached hydrogen (secondary N) is 3. The first-order chi connectivity index (χ1) is 26.1. The van der Waals surface area contributed by atoms with Crippen LogP contribution in [-0.2, 0) is 30.5 Å². The van der Waals surface area contributed by atoms with Crippen LogP contribution in [0.2, 0.25) is 0 Å². The van der Waals surface area contributed by atoms with Crippen molar-refractivity contribution in [1.82, 2.24) is 30.7 Å². The maximum Gasteiger partial charge on any atom is 0.317 e. The van der Waals surface area contributed by atoms with Crippen LogP contribution in [0.1, 0.15) is 105 Å². The number of rotatable bonds is 17. The van der Waals surface area contributed by atoms with Crippen LogP contribution in [0.4, 0.5) is 4.79 Å². The number of aliphatic hydroxyl groups excluding tert-OH is 1. The van der Waals surface area contributed by atoms with Gasteiger partial charge >= 0.3 is 6.03 Å². The van der Waals surface area contributed by atoms with Crippen LogP contribution < -0.4 is 21.7 Å². The summed E-state index contributed by atoms with van der Waals surface area (Å²) in [4.78, 5) is 85.9. The van der Waals surface area contributed by atoms with Gasteiger partial charge in [0.15, 0.2) is 0 Å². The Morgan fingerprint density at radius 1 is 0.800 bits per heavy atom. The van der Waals surface area contributed by atoms with Gasteiger partial charge in [-0.3, -0.25) is 24.0 Å². The molecule has 14 heteroatoms. The molecule has 7 amide bonds. The molecule has 0 bridgehead atoms. The summed E-state index contributed by atoms with van der Waals surface area (Å²) >= 11 is 0. The largest absolute Gasteiger partial charge is 0.392 e. The number of hydrogen-bond donors (Lipinski definition) is 5. The third kappa shape index (κ3) is 11.2. The van der Waals surface area contributed by atoms with Crippen molar-refractivity contribution < 1.29 is 33.9 Å². The highest BCUT2D eigenvalue weighted by Crippen LogP contribution is 2.28. The predicted molar refractivity (Wildman–Crippen MR) is 209 cm³/mol. The number of carbonyl (C=O) groups is 6. The molecule has 1 aromatic carbocycles. The Labute approximate surface area is 326 Å². The average Bonchev–Trinajstić information content (AvgIpc) is 3.95.